The first kappa shape index (κ1) is 12.6. The van der Waals surface area contributed by atoms with Crippen molar-refractivity contribution in [3.8, 4) is 0 Å². The predicted molar refractivity (Wildman–Crippen MR) is 72.5 cm³/mol. The SMILES string of the molecule is CCNc1ccc(S(=O)(=O)c2ccccc2)cc1. The summed E-state index contributed by atoms with van der Waals surface area (Å²) in [6.45, 7) is 2.80. The minimum atomic E-state index is -3.40. The molecule has 2 rings (SSSR count). The summed E-state index contributed by atoms with van der Waals surface area (Å²) in [7, 11) is -3.40. The number of nitrogens with one attached hydrogen (secondary N) is 1. The van der Waals surface area contributed by atoms with Crippen molar-refractivity contribution in [2.24, 2.45) is 0 Å². The smallest absolute Gasteiger partial charge is 0.206 e. The number of anilines is 1. The Morgan fingerprint density at radius 3 is 2.00 bits per heavy atom. The lowest BCUT2D eigenvalue weighted by Gasteiger charge is -2.06. The second-order valence-electron chi connectivity index (χ2n) is 3.87. The Hall–Kier alpha value is -1.81. The Morgan fingerprint density at radius 1 is 0.889 bits per heavy atom. The standard InChI is InChI=1S/C14H15NO2S/c1-2-15-12-8-10-14(11-9-12)18(16,17)13-6-4-3-5-7-13/h3-11,15H,2H2,1H3. The molecule has 0 aliphatic carbocycles. The minimum absolute atomic E-state index is 0.315. The maximum atomic E-state index is 12.3. The molecule has 0 bridgehead atoms. The molecule has 2 aromatic carbocycles. The molecule has 0 unspecified atom stereocenters. The van der Waals surface area contributed by atoms with Crippen LogP contribution in [0.2, 0.25) is 0 Å². The van der Waals surface area contributed by atoms with Gasteiger partial charge in [-0.2, -0.15) is 0 Å². The quantitative estimate of drug-likeness (QED) is 0.920. The van der Waals surface area contributed by atoms with E-state index in [0.29, 0.717) is 9.79 Å². The van der Waals surface area contributed by atoms with Crippen LogP contribution in [0.25, 0.3) is 0 Å². The van der Waals surface area contributed by atoms with Gasteiger partial charge in [-0.1, -0.05) is 18.2 Å². The van der Waals surface area contributed by atoms with Gasteiger partial charge in [0.25, 0.3) is 0 Å². The fraction of sp³-hybridized carbons (Fsp3) is 0.143. The lowest BCUT2D eigenvalue weighted by molar-refractivity contribution is 0.596. The van der Waals surface area contributed by atoms with Crippen molar-refractivity contribution in [2.45, 2.75) is 16.7 Å². The van der Waals surface area contributed by atoms with Crippen LogP contribution in [-0.2, 0) is 9.84 Å². The van der Waals surface area contributed by atoms with E-state index in [1.807, 2.05) is 6.92 Å². The van der Waals surface area contributed by atoms with Crippen molar-refractivity contribution in [1.82, 2.24) is 0 Å². The molecule has 0 atom stereocenters. The number of hydrogen-bond acceptors (Lipinski definition) is 3. The van der Waals surface area contributed by atoms with E-state index in [9.17, 15) is 8.42 Å². The zero-order valence-corrected chi connectivity index (χ0v) is 10.9. The lowest BCUT2D eigenvalue weighted by Crippen LogP contribution is -2.02. The summed E-state index contributed by atoms with van der Waals surface area (Å²) in [5.74, 6) is 0. The zero-order chi connectivity index (χ0) is 13.0. The Labute approximate surface area is 107 Å². The van der Waals surface area contributed by atoms with Gasteiger partial charge in [0.2, 0.25) is 9.84 Å². The molecule has 94 valence electrons. The van der Waals surface area contributed by atoms with Gasteiger partial charge in [-0.15, -0.1) is 0 Å². The number of benzene rings is 2. The molecule has 0 heterocycles. The number of rotatable bonds is 4. The second-order valence-corrected chi connectivity index (χ2v) is 5.82. The maximum Gasteiger partial charge on any atom is 0.206 e. The van der Waals surface area contributed by atoms with Crippen LogP contribution in [0.1, 0.15) is 6.92 Å². The molecular formula is C14H15NO2S. The highest BCUT2D eigenvalue weighted by Crippen LogP contribution is 2.21. The van der Waals surface area contributed by atoms with Crippen molar-refractivity contribution in [1.29, 1.82) is 0 Å². The highest BCUT2D eigenvalue weighted by molar-refractivity contribution is 7.91. The normalized spacial score (nSPS) is 11.2. The van der Waals surface area contributed by atoms with Crippen LogP contribution >= 0.6 is 0 Å². The van der Waals surface area contributed by atoms with Gasteiger partial charge in [0.15, 0.2) is 0 Å². The van der Waals surface area contributed by atoms with Gasteiger partial charge in [0.1, 0.15) is 0 Å². The molecule has 2 aromatic rings. The van der Waals surface area contributed by atoms with Gasteiger partial charge in [-0.05, 0) is 43.3 Å². The van der Waals surface area contributed by atoms with E-state index >= 15 is 0 Å². The van der Waals surface area contributed by atoms with Crippen LogP contribution in [0.4, 0.5) is 5.69 Å². The van der Waals surface area contributed by atoms with Crippen LogP contribution < -0.4 is 5.32 Å². The predicted octanol–water partition coefficient (Wildman–Crippen LogP) is 2.95. The summed E-state index contributed by atoms with van der Waals surface area (Å²) in [4.78, 5) is 0.636. The first-order chi connectivity index (χ1) is 8.64. The summed E-state index contributed by atoms with van der Waals surface area (Å²) in [5, 5.41) is 3.13. The van der Waals surface area contributed by atoms with Crippen molar-refractivity contribution in [2.75, 3.05) is 11.9 Å². The topological polar surface area (TPSA) is 46.2 Å². The van der Waals surface area contributed by atoms with Gasteiger partial charge in [-0.25, -0.2) is 8.42 Å². The van der Waals surface area contributed by atoms with E-state index < -0.39 is 9.84 Å². The first-order valence-electron chi connectivity index (χ1n) is 5.78. The molecule has 0 aliphatic heterocycles. The molecule has 0 saturated heterocycles. The van der Waals surface area contributed by atoms with Gasteiger partial charge in [0, 0.05) is 12.2 Å². The third-order valence-corrected chi connectivity index (χ3v) is 4.38. The molecule has 3 nitrogen and oxygen atoms in total. The van der Waals surface area contributed by atoms with Crippen LogP contribution in [0.3, 0.4) is 0 Å². The van der Waals surface area contributed by atoms with E-state index in [-0.39, 0.29) is 0 Å². The van der Waals surface area contributed by atoms with E-state index in [0.717, 1.165) is 12.2 Å². The van der Waals surface area contributed by atoms with E-state index in [2.05, 4.69) is 5.32 Å². The third kappa shape index (κ3) is 2.54. The van der Waals surface area contributed by atoms with Gasteiger partial charge >= 0.3 is 0 Å². The first-order valence-corrected chi connectivity index (χ1v) is 7.27. The summed E-state index contributed by atoms with van der Waals surface area (Å²) < 4.78 is 24.6. The summed E-state index contributed by atoms with van der Waals surface area (Å²) >= 11 is 0. The summed E-state index contributed by atoms with van der Waals surface area (Å²) in [6.07, 6.45) is 0. The second kappa shape index (κ2) is 5.23. The third-order valence-electron chi connectivity index (χ3n) is 2.60. The number of hydrogen-bond donors (Lipinski definition) is 1. The molecule has 0 fully saturated rings. The van der Waals surface area contributed by atoms with Crippen molar-refractivity contribution < 1.29 is 8.42 Å². The average Bonchev–Trinajstić information content (AvgIpc) is 2.41. The molecule has 1 N–H and O–H groups in total. The van der Waals surface area contributed by atoms with Crippen molar-refractivity contribution in [3.63, 3.8) is 0 Å². The summed E-state index contributed by atoms with van der Waals surface area (Å²) in [6, 6.07) is 15.3. The highest BCUT2D eigenvalue weighted by Gasteiger charge is 2.16. The molecule has 0 spiro atoms. The highest BCUT2D eigenvalue weighted by atomic mass is 32.2. The van der Waals surface area contributed by atoms with Crippen molar-refractivity contribution in [3.05, 3.63) is 54.6 Å². The molecule has 18 heavy (non-hydrogen) atoms. The molecule has 0 saturated carbocycles. The molecule has 0 aliphatic rings. The lowest BCUT2D eigenvalue weighted by atomic mass is 10.3. The van der Waals surface area contributed by atoms with Crippen LogP contribution in [0, 0.1) is 0 Å². The molecular weight excluding hydrogens is 246 g/mol. The Kier molecular flexibility index (Phi) is 3.67. The van der Waals surface area contributed by atoms with E-state index in [1.54, 1.807) is 54.6 Å². The minimum Gasteiger partial charge on any atom is -0.385 e. The number of sulfone groups is 1. The Balaban J connectivity index is 2.36. The summed E-state index contributed by atoms with van der Waals surface area (Å²) in [5.41, 5.74) is 0.921. The molecule has 0 radical (unpaired) electrons. The van der Waals surface area contributed by atoms with Gasteiger partial charge < -0.3 is 5.32 Å². The van der Waals surface area contributed by atoms with Crippen LogP contribution in [0.15, 0.2) is 64.4 Å². The maximum absolute atomic E-state index is 12.3. The van der Waals surface area contributed by atoms with Gasteiger partial charge in [0.05, 0.1) is 9.79 Å². The average molecular weight is 261 g/mol. The zero-order valence-electron chi connectivity index (χ0n) is 10.1. The van der Waals surface area contributed by atoms with E-state index in [1.165, 1.54) is 0 Å². The van der Waals surface area contributed by atoms with E-state index in [4.69, 9.17) is 0 Å². The fourth-order valence-corrected chi connectivity index (χ4v) is 2.97. The monoisotopic (exact) mass is 261 g/mol. The molecule has 0 amide bonds. The fourth-order valence-electron chi connectivity index (χ4n) is 1.69. The van der Waals surface area contributed by atoms with Gasteiger partial charge in [-0.3, -0.25) is 0 Å². The molecule has 4 heteroatoms. The van der Waals surface area contributed by atoms with Crippen LogP contribution in [0.5, 0.6) is 0 Å². The molecule has 0 aromatic heterocycles. The van der Waals surface area contributed by atoms with Crippen LogP contribution in [-0.4, -0.2) is 15.0 Å². The Morgan fingerprint density at radius 2 is 1.44 bits per heavy atom. The Bertz CT molecular complexity index is 604. The van der Waals surface area contributed by atoms with Crippen molar-refractivity contribution >= 4 is 15.5 Å². The largest absolute Gasteiger partial charge is 0.385 e.